The first kappa shape index (κ1) is 21.1. The SMILES string of the molecule is ClCCC[Si](OC1CCCCC1)(OC1CCCCC1)OC1CCCCC1. The molecule has 3 nitrogen and oxygen atoms in total. The lowest BCUT2D eigenvalue weighted by Gasteiger charge is -2.41. The van der Waals surface area contributed by atoms with Gasteiger partial charge in [-0.15, -0.1) is 11.6 Å². The van der Waals surface area contributed by atoms with E-state index in [2.05, 4.69) is 0 Å². The molecular weight excluding hydrogens is 364 g/mol. The van der Waals surface area contributed by atoms with E-state index in [1.807, 2.05) is 0 Å². The lowest BCUT2D eigenvalue weighted by Crippen LogP contribution is -2.53. The molecule has 0 aromatic rings. The van der Waals surface area contributed by atoms with Crippen LogP contribution in [0.2, 0.25) is 6.04 Å². The first-order chi connectivity index (χ1) is 12.8. The number of hydrogen-bond acceptors (Lipinski definition) is 3. The van der Waals surface area contributed by atoms with E-state index < -0.39 is 8.80 Å². The summed E-state index contributed by atoms with van der Waals surface area (Å²) in [7, 11) is -2.66. The van der Waals surface area contributed by atoms with Gasteiger partial charge in [-0.3, -0.25) is 0 Å². The van der Waals surface area contributed by atoms with Gasteiger partial charge < -0.3 is 13.3 Å². The molecule has 0 bridgehead atoms. The maximum atomic E-state index is 6.82. The summed E-state index contributed by atoms with van der Waals surface area (Å²) in [5.74, 6) is 0.671. The van der Waals surface area contributed by atoms with E-state index >= 15 is 0 Å². The molecule has 0 spiro atoms. The second-order valence-electron chi connectivity index (χ2n) is 8.61. The first-order valence-electron chi connectivity index (χ1n) is 11.4. The fourth-order valence-corrected chi connectivity index (χ4v) is 8.57. The predicted molar refractivity (Wildman–Crippen MR) is 110 cm³/mol. The van der Waals surface area contributed by atoms with Crippen LogP contribution >= 0.6 is 11.6 Å². The standard InChI is InChI=1S/C21H39ClO3Si/c22-17-10-18-26(23-19-11-4-1-5-12-19,24-20-13-6-2-7-14-20)25-21-15-8-3-9-16-21/h19-21H,1-18H2. The maximum Gasteiger partial charge on any atom is 0.501 e. The lowest BCUT2D eigenvalue weighted by atomic mass is 9.98. The largest absolute Gasteiger partial charge is 0.501 e. The van der Waals surface area contributed by atoms with Crippen molar-refractivity contribution in [3.05, 3.63) is 0 Å². The van der Waals surface area contributed by atoms with Crippen molar-refractivity contribution in [3.8, 4) is 0 Å². The third-order valence-electron chi connectivity index (χ3n) is 6.31. The highest BCUT2D eigenvalue weighted by atomic mass is 35.5. The highest BCUT2D eigenvalue weighted by molar-refractivity contribution is 6.61. The zero-order valence-corrected chi connectivity index (χ0v) is 18.3. The molecule has 0 saturated heterocycles. The number of alkyl halides is 1. The molecule has 0 aromatic carbocycles. The van der Waals surface area contributed by atoms with Gasteiger partial charge in [-0.1, -0.05) is 57.8 Å². The number of hydrogen-bond donors (Lipinski definition) is 0. The van der Waals surface area contributed by atoms with E-state index in [0.717, 1.165) is 12.5 Å². The summed E-state index contributed by atoms with van der Waals surface area (Å²) in [4.78, 5) is 0. The highest BCUT2D eigenvalue weighted by Gasteiger charge is 2.47. The molecule has 26 heavy (non-hydrogen) atoms. The molecule has 3 saturated carbocycles. The van der Waals surface area contributed by atoms with Crippen LogP contribution in [0.4, 0.5) is 0 Å². The summed E-state index contributed by atoms with van der Waals surface area (Å²) in [6, 6.07) is 0.903. The van der Waals surface area contributed by atoms with Crippen molar-refractivity contribution < 1.29 is 13.3 Å². The zero-order valence-electron chi connectivity index (χ0n) is 16.6. The molecule has 3 aliphatic carbocycles. The van der Waals surface area contributed by atoms with Crippen LogP contribution in [0.3, 0.4) is 0 Å². The Balaban J connectivity index is 1.71. The van der Waals surface area contributed by atoms with Crippen LogP contribution in [-0.4, -0.2) is 33.0 Å². The van der Waals surface area contributed by atoms with Crippen molar-refractivity contribution in [2.45, 2.75) is 127 Å². The van der Waals surface area contributed by atoms with Crippen molar-refractivity contribution in [3.63, 3.8) is 0 Å². The van der Waals surface area contributed by atoms with Crippen molar-refractivity contribution in [1.82, 2.24) is 0 Å². The minimum absolute atomic E-state index is 0.345. The van der Waals surface area contributed by atoms with Gasteiger partial charge >= 0.3 is 8.80 Å². The van der Waals surface area contributed by atoms with Gasteiger partial charge in [-0.25, -0.2) is 0 Å². The van der Waals surface area contributed by atoms with Crippen LogP contribution in [-0.2, 0) is 13.3 Å². The van der Waals surface area contributed by atoms with Crippen LogP contribution in [0.15, 0.2) is 0 Å². The quantitative estimate of drug-likeness (QED) is 0.321. The Kier molecular flexibility index (Phi) is 9.26. The predicted octanol–water partition coefficient (Wildman–Crippen LogP) is 6.60. The molecular formula is C21H39ClO3Si. The van der Waals surface area contributed by atoms with E-state index in [1.165, 1.54) is 96.3 Å². The third kappa shape index (κ3) is 6.77. The van der Waals surface area contributed by atoms with Gasteiger partial charge in [-0.2, -0.15) is 0 Å². The summed E-state index contributed by atoms with van der Waals surface area (Å²) in [5, 5.41) is 0. The third-order valence-corrected chi connectivity index (χ3v) is 9.62. The fourth-order valence-electron chi connectivity index (χ4n) is 4.85. The van der Waals surface area contributed by atoms with Crippen LogP contribution in [0, 0.1) is 0 Å². The van der Waals surface area contributed by atoms with E-state index in [0.29, 0.717) is 24.2 Å². The molecule has 3 fully saturated rings. The molecule has 5 heteroatoms. The lowest BCUT2D eigenvalue weighted by molar-refractivity contribution is -0.0408. The Morgan fingerprint density at radius 1 is 0.577 bits per heavy atom. The summed E-state index contributed by atoms with van der Waals surface area (Å²) >= 11 is 6.09. The van der Waals surface area contributed by atoms with Crippen LogP contribution in [0.5, 0.6) is 0 Å². The summed E-state index contributed by atoms with van der Waals surface area (Å²) in [6.45, 7) is 0. The minimum Gasteiger partial charge on any atom is -0.370 e. The number of rotatable bonds is 9. The van der Waals surface area contributed by atoms with E-state index in [1.54, 1.807) is 0 Å². The van der Waals surface area contributed by atoms with E-state index in [9.17, 15) is 0 Å². The van der Waals surface area contributed by atoms with Gasteiger partial charge in [0, 0.05) is 30.2 Å². The highest BCUT2D eigenvalue weighted by Crippen LogP contribution is 2.34. The van der Waals surface area contributed by atoms with Crippen molar-refractivity contribution in [2.24, 2.45) is 0 Å². The van der Waals surface area contributed by atoms with Gasteiger partial charge in [0.05, 0.1) is 0 Å². The molecule has 152 valence electrons. The minimum atomic E-state index is -2.66. The molecule has 0 atom stereocenters. The molecule has 0 heterocycles. The summed E-state index contributed by atoms with van der Waals surface area (Å²) in [6.07, 6.45) is 20.8. The molecule has 0 aromatic heterocycles. The topological polar surface area (TPSA) is 27.7 Å². The molecule has 0 unspecified atom stereocenters. The Morgan fingerprint density at radius 3 is 1.23 bits per heavy atom. The smallest absolute Gasteiger partial charge is 0.370 e. The van der Waals surface area contributed by atoms with E-state index in [-0.39, 0.29) is 0 Å². The van der Waals surface area contributed by atoms with Crippen LogP contribution in [0.25, 0.3) is 0 Å². The van der Waals surface area contributed by atoms with Gasteiger partial charge in [0.1, 0.15) is 0 Å². The average Bonchev–Trinajstić information content (AvgIpc) is 2.69. The monoisotopic (exact) mass is 402 g/mol. The first-order valence-corrected chi connectivity index (χ1v) is 13.9. The van der Waals surface area contributed by atoms with Crippen molar-refractivity contribution >= 4 is 20.4 Å². The Hall–Kier alpha value is 0.387. The molecule has 0 N–H and O–H groups in total. The van der Waals surface area contributed by atoms with Crippen molar-refractivity contribution in [2.75, 3.05) is 5.88 Å². The second-order valence-corrected chi connectivity index (χ2v) is 11.6. The molecule has 0 amide bonds. The summed E-state index contributed by atoms with van der Waals surface area (Å²) in [5.41, 5.74) is 0. The van der Waals surface area contributed by atoms with Gasteiger partial charge in [0.25, 0.3) is 0 Å². The fraction of sp³-hybridized carbons (Fsp3) is 1.00. The average molecular weight is 403 g/mol. The van der Waals surface area contributed by atoms with E-state index in [4.69, 9.17) is 24.9 Å². The Bertz CT molecular complexity index is 327. The molecule has 0 aliphatic heterocycles. The van der Waals surface area contributed by atoms with Crippen LogP contribution < -0.4 is 0 Å². The Labute approximate surface area is 166 Å². The van der Waals surface area contributed by atoms with Crippen LogP contribution in [0.1, 0.15) is 103 Å². The van der Waals surface area contributed by atoms with Crippen molar-refractivity contribution in [1.29, 1.82) is 0 Å². The maximum absolute atomic E-state index is 6.82. The second kappa shape index (κ2) is 11.4. The zero-order chi connectivity index (χ0) is 18.1. The normalized spacial score (nSPS) is 24.8. The number of halogens is 1. The van der Waals surface area contributed by atoms with Gasteiger partial charge in [-0.05, 0) is 44.9 Å². The van der Waals surface area contributed by atoms with Gasteiger partial charge in [0.2, 0.25) is 0 Å². The summed E-state index contributed by atoms with van der Waals surface area (Å²) < 4.78 is 20.5. The molecule has 3 aliphatic rings. The Morgan fingerprint density at radius 2 is 0.923 bits per heavy atom. The van der Waals surface area contributed by atoms with Gasteiger partial charge in [0.15, 0.2) is 0 Å². The molecule has 0 radical (unpaired) electrons. The molecule has 3 rings (SSSR count).